The lowest BCUT2D eigenvalue weighted by atomic mass is 10.0. The van der Waals surface area contributed by atoms with Crippen molar-refractivity contribution in [3.8, 4) is 0 Å². The van der Waals surface area contributed by atoms with Gasteiger partial charge in [-0.25, -0.2) is 0 Å². The summed E-state index contributed by atoms with van der Waals surface area (Å²) >= 11 is 0. The lowest BCUT2D eigenvalue weighted by Crippen LogP contribution is -2.52. The molecule has 3 heterocycles. The van der Waals surface area contributed by atoms with E-state index in [0.29, 0.717) is 24.9 Å². The molecule has 1 unspecified atom stereocenters. The molecule has 1 aromatic rings. The maximum Gasteiger partial charge on any atom is 0.255 e. The Hall–Kier alpha value is -2.70. The van der Waals surface area contributed by atoms with Gasteiger partial charge in [0.1, 0.15) is 6.04 Å². The molecule has 2 fully saturated rings. The van der Waals surface area contributed by atoms with E-state index < -0.39 is 11.9 Å². The van der Waals surface area contributed by atoms with Gasteiger partial charge in [-0.05, 0) is 42.9 Å². The van der Waals surface area contributed by atoms with Crippen LogP contribution in [0.2, 0.25) is 0 Å². The average molecular weight is 369 g/mol. The van der Waals surface area contributed by atoms with Crippen LogP contribution >= 0.6 is 0 Å². The Morgan fingerprint density at radius 3 is 2.63 bits per heavy atom. The van der Waals surface area contributed by atoms with Crippen molar-refractivity contribution in [1.29, 1.82) is 0 Å². The zero-order valence-corrected chi connectivity index (χ0v) is 15.2. The van der Waals surface area contributed by atoms with Crippen molar-refractivity contribution in [2.24, 2.45) is 0 Å². The third-order valence-corrected chi connectivity index (χ3v) is 5.65. The minimum absolute atomic E-state index is 0.126. The molecule has 142 valence electrons. The first kappa shape index (κ1) is 17.7. The fourth-order valence-corrected chi connectivity index (χ4v) is 4.17. The van der Waals surface area contributed by atoms with Crippen LogP contribution in [0.1, 0.15) is 53.6 Å². The van der Waals surface area contributed by atoms with Gasteiger partial charge in [0.2, 0.25) is 17.7 Å². The third kappa shape index (κ3) is 3.46. The smallest absolute Gasteiger partial charge is 0.255 e. The summed E-state index contributed by atoms with van der Waals surface area (Å²) in [5, 5.41) is 2.31. The number of rotatable bonds is 3. The van der Waals surface area contributed by atoms with Gasteiger partial charge in [-0.1, -0.05) is 12.1 Å². The van der Waals surface area contributed by atoms with Crippen LogP contribution in [-0.2, 0) is 27.3 Å². The van der Waals surface area contributed by atoms with Gasteiger partial charge in [-0.15, -0.1) is 0 Å². The molecule has 1 aromatic carbocycles. The first-order valence-electron chi connectivity index (χ1n) is 9.57. The number of amides is 4. The van der Waals surface area contributed by atoms with Crippen LogP contribution in [0.3, 0.4) is 0 Å². The van der Waals surface area contributed by atoms with Gasteiger partial charge in [-0.2, -0.15) is 0 Å². The van der Waals surface area contributed by atoms with Gasteiger partial charge in [0.05, 0.1) is 6.42 Å². The Bertz CT molecular complexity index is 813. The molecule has 4 amide bonds. The number of nitrogens with zero attached hydrogens (tertiary/aromatic N) is 2. The summed E-state index contributed by atoms with van der Waals surface area (Å²) in [6, 6.07) is 4.87. The molecule has 1 atom stereocenters. The number of carbonyl (C=O) groups excluding carboxylic acids is 4. The largest absolute Gasteiger partial charge is 0.342 e. The first-order chi connectivity index (χ1) is 13.0. The molecule has 0 spiro atoms. The number of imide groups is 1. The van der Waals surface area contributed by atoms with Crippen LogP contribution in [0.15, 0.2) is 18.2 Å². The van der Waals surface area contributed by atoms with E-state index in [0.717, 1.165) is 37.1 Å². The minimum atomic E-state index is -0.610. The molecule has 0 aromatic heterocycles. The predicted molar refractivity (Wildman–Crippen MR) is 96.6 cm³/mol. The Morgan fingerprint density at radius 2 is 1.89 bits per heavy atom. The van der Waals surface area contributed by atoms with Crippen LogP contribution in [0.25, 0.3) is 0 Å². The molecule has 0 saturated carbocycles. The summed E-state index contributed by atoms with van der Waals surface area (Å²) in [6.07, 6.45) is 4.23. The summed E-state index contributed by atoms with van der Waals surface area (Å²) in [5.41, 5.74) is 2.31. The van der Waals surface area contributed by atoms with Gasteiger partial charge in [0.25, 0.3) is 5.91 Å². The fraction of sp³-hybridized carbons (Fsp3) is 0.500. The maximum absolute atomic E-state index is 12.7. The Kier molecular flexibility index (Phi) is 4.68. The first-order valence-corrected chi connectivity index (χ1v) is 9.57. The van der Waals surface area contributed by atoms with Crippen LogP contribution in [0.5, 0.6) is 0 Å². The van der Waals surface area contributed by atoms with E-state index in [2.05, 4.69) is 5.32 Å². The van der Waals surface area contributed by atoms with E-state index in [9.17, 15) is 19.2 Å². The number of benzene rings is 1. The molecule has 3 aliphatic rings. The molecule has 7 nitrogen and oxygen atoms in total. The van der Waals surface area contributed by atoms with E-state index in [1.165, 1.54) is 11.3 Å². The summed E-state index contributed by atoms with van der Waals surface area (Å²) in [6.45, 7) is 1.99. The molecule has 0 aliphatic carbocycles. The van der Waals surface area contributed by atoms with E-state index in [-0.39, 0.29) is 24.1 Å². The van der Waals surface area contributed by atoms with Gasteiger partial charge in [0, 0.05) is 31.6 Å². The summed E-state index contributed by atoms with van der Waals surface area (Å²) in [5.74, 6) is -0.763. The standard InChI is InChI=1S/C20H23N3O4/c24-17-7-6-16(19(26)21-17)23-12-14-10-13(4-5-15(14)20(23)27)11-18(25)22-8-2-1-3-9-22/h4-5,10,16H,1-3,6-9,11-12H2,(H,21,24,26). The number of likely N-dealkylation sites (tertiary alicyclic amines) is 1. The van der Waals surface area contributed by atoms with Crippen molar-refractivity contribution < 1.29 is 19.2 Å². The van der Waals surface area contributed by atoms with Crippen molar-refractivity contribution in [3.05, 3.63) is 34.9 Å². The van der Waals surface area contributed by atoms with Crippen molar-refractivity contribution in [3.63, 3.8) is 0 Å². The second-order valence-electron chi connectivity index (χ2n) is 7.51. The molecule has 1 N–H and O–H groups in total. The van der Waals surface area contributed by atoms with Crippen LogP contribution in [0.4, 0.5) is 0 Å². The van der Waals surface area contributed by atoms with Gasteiger partial charge in [0.15, 0.2) is 0 Å². The Labute approximate surface area is 157 Å². The highest BCUT2D eigenvalue weighted by molar-refractivity contribution is 6.05. The number of carbonyl (C=O) groups is 4. The van der Waals surface area contributed by atoms with Crippen LogP contribution < -0.4 is 5.32 Å². The van der Waals surface area contributed by atoms with E-state index >= 15 is 0 Å². The highest BCUT2D eigenvalue weighted by atomic mass is 16.2. The van der Waals surface area contributed by atoms with Gasteiger partial charge >= 0.3 is 0 Å². The minimum Gasteiger partial charge on any atom is -0.342 e. The highest BCUT2D eigenvalue weighted by Gasteiger charge is 2.39. The van der Waals surface area contributed by atoms with Gasteiger partial charge < -0.3 is 9.80 Å². The maximum atomic E-state index is 12.7. The number of nitrogens with one attached hydrogen (secondary N) is 1. The van der Waals surface area contributed by atoms with Crippen LogP contribution in [0, 0.1) is 0 Å². The number of hydrogen-bond donors (Lipinski definition) is 1. The van der Waals surface area contributed by atoms with Crippen molar-refractivity contribution in [1.82, 2.24) is 15.1 Å². The molecule has 2 saturated heterocycles. The molecule has 3 aliphatic heterocycles. The Balaban J connectivity index is 1.46. The average Bonchev–Trinajstić information content (AvgIpc) is 2.98. The summed E-state index contributed by atoms with van der Waals surface area (Å²) in [4.78, 5) is 52.1. The lowest BCUT2D eigenvalue weighted by Gasteiger charge is -2.29. The van der Waals surface area contributed by atoms with Crippen molar-refractivity contribution in [2.45, 2.75) is 51.1 Å². The summed E-state index contributed by atoms with van der Waals surface area (Å²) in [7, 11) is 0. The predicted octanol–water partition coefficient (Wildman–Crippen LogP) is 1.00. The number of hydrogen-bond acceptors (Lipinski definition) is 4. The molecule has 4 rings (SSSR count). The molecular weight excluding hydrogens is 346 g/mol. The molecule has 7 heteroatoms. The second-order valence-corrected chi connectivity index (χ2v) is 7.51. The monoisotopic (exact) mass is 369 g/mol. The van der Waals surface area contributed by atoms with E-state index in [4.69, 9.17) is 0 Å². The van der Waals surface area contributed by atoms with Gasteiger partial charge in [-0.3, -0.25) is 24.5 Å². The quantitative estimate of drug-likeness (QED) is 0.806. The normalized spacial score (nSPS) is 22.7. The fourth-order valence-electron chi connectivity index (χ4n) is 4.17. The summed E-state index contributed by atoms with van der Waals surface area (Å²) < 4.78 is 0. The van der Waals surface area contributed by atoms with Crippen molar-refractivity contribution >= 4 is 23.6 Å². The van der Waals surface area contributed by atoms with E-state index in [1.807, 2.05) is 17.0 Å². The van der Waals surface area contributed by atoms with E-state index in [1.54, 1.807) is 6.07 Å². The lowest BCUT2D eigenvalue weighted by molar-refractivity contribution is -0.137. The third-order valence-electron chi connectivity index (χ3n) is 5.65. The van der Waals surface area contributed by atoms with Crippen LogP contribution in [-0.4, -0.2) is 52.6 Å². The number of piperidine rings is 2. The topological polar surface area (TPSA) is 86.8 Å². The SMILES string of the molecule is O=C1CCC(N2Cc3cc(CC(=O)N4CCCCC4)ccc3C2=O)C(=O)N1. The molecule has 27 heavy (non-hydrogen) atoms. The molecule has 0 bridgehead atoms. The second kappa shape index (κ2) is 7.13. The zero-order valence-electron chi connectivity index (χ0n) is 15.2. The Morgan fingerprint density at radius 1 is 1.11 bits per heavy atom. The molecular formula is C20H23N3O4. The number of fused-ring (bicyclic) bond motifs is 1. The van der Waals surface area contributed by atoms with Crippen molar-refractivity contribution in [2.75, 3.05) is 13.1 Å². The highest BCUT2D eigenvalue weighted by Crippen LogP contribution is 2.28. The zero-order chi connectivity index (χ0) is 19.0. The molecule has 0 radical (unpaired) electrons.